The van der Waals surface area contributed by atoms with Gasteiger partial charge in [0.25, 0.3) is 0 Å². The standard InChI is InChI=1S/C26H36Br2O2S2/c1-3-5-7-9-11-13-15-29-23-19-17-21(27)31-25(19)26-20(18-22(28)32-26)24(23)30-16-14-12-10-8-6-4-2/h17-18H,3-16H2,1-2H3. The lowest BCUT2D eigenvalue weighted by molar-refractivity contribution is 0.263. The van der Waals surface area contributed by atoms with E-state index in [2.05, 4.69) is 57.8 Å². The van der Waals surface area contributed by atoms with Crippen LogP contribution in [0, 0.1) is 0 Å². The Morgan fingerprint density at radius 1 is 0.594 bits per heavy atom. The molecule has 0 radical (unpaired) electrons. The summed E-state index contributed by atoms with van der Waals surface area (Å²) in [6.07, 6.45) is 15.2. The summed E-state index contributed by atoms with van der Waals surface area (Å²) >= 11 is 11.0. The van der Waals surface area contributed by atoms with E-state index >= 15 is 0 Å². The van der Waals surface area contributed by atoms with Crippen LogP contribution in [0.3, 0.4) is 0 Å². The zero-order chi connectivity index (χ0) is 22.8. The number of unbranched alkanes of at least 4 members (excludes halogenated alkanes) is 10. The summed E-state index contributed by atoms with van der Waals surface area (Å²) in [6, 6.07) is 4.39. The van der Waals surface area contributed by atoms with Gasteiger partial charge in [-0.1, -0.05) is 78.1 Å². The first kappa shape index (κ1) is 26.3. The Balaban J connectivity index is 1.74. The maximum Gasteiger partial charge on any atom is 0.170 e. The zero-order valence-corrected chi connectivity index (χ0v) is 24.2. The van der Waals surface area contributed by atoms with Crippen LogP contribution in [0.5, 0.6) is 11.5 Å². The van der Waals surface area contributed by atoms with Crippen LogP contribution >= 0.6 is 54.5 Å². The summed E-state index contributed by atoms with van der Waals surface area (Å²) in [5.74, 6) is 1.86. The number of hydrogen-bond acceptors (Lipinski definition) is 4. The van der Waals surface area contributed by atoms with Gasteiger partial charge in [-0.05, 0) is 56.8 Å². The highest BCUT2D eigenvalue weighted by Crippen LogP contribution is 2.51. The average molecular weight is 605 g/mol. The summed E-state index contributed by atoms with van der Waals surface area (Å²) in [5, 5.41) is 2.35. The molecule has 32 heavy (non-hydrogen) atoms. The third-order valence-electron chi connectivity index (χ3n) is 5.79. The lowest BCUT2D eigenvalue weighted by atomic mass is 10.1. The number of halogens is 2. The quantitative estimate of drug-likeness (QED) is 0.152. The van der Waals surface area contributed by atoms with Crippen molar-refractivity contribution in [2.24, 2.45) is 0 Å². The topological polar surface area (TPSA) is 18.5 Å². The fourth-order valence-electron chi connectivity index (χ4n) is 4.04. The van der Waals surface area contributed by atoms with Crippen molar-refractivity contribution in [1.82, 2.24) is 0 Å². The minimum Gasteiger partial charge on any atom is -0.489 e. The molecule has 0 aliphatic carbocycles. The molecule has 3 rings (SSSR count). The molecule has 0 fully saturated rings. The van der Waals surface area contributed by atoms with Gasteiger partial charge in [-0.25, -0.2) is 0 Å². The predicted octanol–water partition coefficient (Wildman–Crippen LogP) is 11.1. The number of thiophene rings is 2. The number of ether oxygens (including phenoxy) is 2. The van der Waals surface area contributed by atoms with Gasteiger partial charge in [0, 0.05) is 10.8 Å². The Morgan fingerprint density at radius 2 is 0.969 bits per heavy atom. The molecule has 1 aromatic carbocycles. The molecule has 0 N–H and O–H groups in total. The van der Waals surface area contributed by atoms with Gasteiger partial charge in [-0.2, -0.15) is 0 Å². The van der Waals surface area contributed by atoms with Gasteiger partial charge in [0.2, 0.25) is 0 Å². The van der Waals surface area contributed by atoms with E-state index in [1.807, 2.05) is 0 Å². The van der Waals surface area contributed by atoms with Gasteiger partial charge in [-0.3, -0.25) is 0 Å². The summed E-state index contributed by atoms with van der Waals surface area (Å²) in [5.41, 5.74) is 0. The van der Waals surface area contributed by atoms with Crippen molar-refractivity contribution < 1.29 is 9.47 Å². The normalized spacial score (nSPS) is 11.6. The third-order valence-corrected chi connectivity index (χ3v) is 9.23. The molecule has 3 aromatic rings. The SMILES string of the molecule is CCCCCCCCOc1c(OCCCCCCCC)c2cc(Br)sc2c2sc(Br)cc12. The molecule has 0 saturated heterocycles. The Bertz CT molecular complexity index is 886. The Kier molecular flexibility index (Phi) is 11.7. The van der Waals surface area contributed by atoms with Gasteiger partial charge < -0.3 is 9.47 Å². The summed E-state index contributed by atoms with van der Waals surface area (Å²) in [6.45, 7) is 6.02. The molecule has 0 saturated carbocycles. The number of rotatable bonds is 16. The van der Waals surface area contributed by atoms with Crippen molar-refractivity contribution in [3.05, 3.63) is 19.7 Å². The first-order valence-electron chi connectivity index (χ1n) is 12.2. The molecular formula is C26H36Br2O2S2. The molecule has 0 bridgehead atoms. The molecule has 0 amide bonds. The third kappa shape index (κ3) is 7.35. The van der Waals surface area contributed by atoms with Crippen LogP contribution in [-0.2, 0) is 0 Å². The predicted molar refractivity (Wildman–Crippen MR) is 150 cm³/mol. The fourth-order valence-corrected chi connectivity index (χ4v) is 7.39. The van der Waals surface area contributed by atoms with Gasteiger partial charge in [0.1, 0.15) is 0 Å². The van der Waals surface area contributed by atoms with Crippen LogP contribution in [0.15, 0.2) is 19.7 Å². The largest absolute Gasteiger partial charge is 0.489 e. The summed E-state index contributed by atoms with van der Waals surface area (Å²) in [7, 11) is 0. The highest BCUT2D eigenvalue weighted by molar-refractivity contribution is 9.11. The van der Waals surface area contributed by atoms with Crippen molar-refractivity contribution >= 4 is 74.7 Å². The molecule has 0 atom stereocenters. The van der Waals surface area contributed by atoms with E-state index in [1.54, 1.807) is 22.7 Å². The molecule has 0 aliphatic heterocycles. The minimum atomic E-state index is 0.749. The van der Waals surface area contributed by atoms with Gasteiger partial charge >= 0.3 is 0 Å². The van der Waals surface area contributed by atoms with E-state index in [4.69, 9.17) is 9.47 Å². The second-order valence-corrected chi connectivity index (χ2v) is 13.3. The van der Waals surface area contributed by atoms with Gasteiger partial charge in [0.05, 0.1) is 30.2 Å². The van der Waals surface area contributed by atoms with Crippen LogP contribution in [0.1, 0.15) is 90.9 Å². The monoisotopic (exact) mass is 602 g/mol. The molecule has 0 spiro atoms. The first-order chi connectivity index (χ1) is 15.7. The van der Waals surface area contributed by atoms with E-state index in [0.717, 1.165) is 45.1 Å². The second-order valence-electron chi connectivity index (χ2n) is 8.48. The van der Waals surface area contributed by atoms with Crippen molar-refractivity contribution in [2.45, 2.75) is 90.9 Å². The van der Waals surface area contributed by atoms with Crippen molar-refractivity contribution in [2.75, 3.05) is 13.2 Å². The summed E-state index contributed by atoms with van der Waals surface area (Å²) < 4.78 is 17.7. The Hall–Kier alpha value is -0.300. The highest BCUT2D eigenvalue weighted by atomic mass is 79.9. The van der Waals surface area contributed by atoms with E-state index < -0.39 is 0 Å². The smallest absolute Gasteiger partial charge is 0.170 e. The number of fused-ring (bicyclic) bond motifs is 3. The molecule has 2 aromatic heterocycles. The first-order valence-corrected chi connectivity index (χ1v) is 15.5. The van der Waals surface area contributed by atoms with Crippen LogP contribution in [0.4, 0.5) is 0 Å². The fraction of sp³-hybridized carbons (Fsp3) is 0.615. The van der Waals surface area contributed by atoms with E-state index in [9.17, 15) is 0 Å². The van der Waals surface area contributed by atoms with Crippen LogP contribution in [0.2, 0.25) is 0 Å². The van der Waals surface area contributed by atoms with Crippen molar-refractivity contribution in [1.29, 1.82) is 0 Å². The highest BCUT2D eigenvalue weighted by Gasteiger charge is 2.21. The Morgan fingerprint density at radius 3 is 1.38 bits per heavy atom. The zero-order valence-electron chi connectivity index (χ0n) is 19.4. The van der Waals surface area contributed by atoms with Crippen LogP contribution in [0.25, 0.3) is 20.2 Å². The van der Waals surface area contributed by atoms with Gasteiger partial charge in [0.15, 0.2) is 11.5 Å². The lowest BCUT2D eigenvalue weighted by Crippen LogP contribution is -2.03. The molecular weight excluding hydrogens is 568 g/mol. The van der Waals surface area contributed by atoms with E-state index in [1.165, 1.54) is 84.4 Å². The van der Waals surface area contributed by atoms with Crippen molar-refractivity contribution in [3.63, 3.8) is 0 Å². The number of benzene rings is 1. The van der Waals surface area contributed by atoms with Gasteiger partial charge in [-0.15, -0.1) is 22.7 Å². The maximum absolute atomic E-state index is 6.45. The average Bonchev–Trinajstić information content (AvgIpc) is 3.35. The molecule has 0 unspecified atom stereocenters. The number of hydrogen-bond donors (Lipinski definition) is 0. The molecule has 2 nitrogen and oxygen atoms in total. The molecule has 178 valence electrons. The molecule has 2 heterocycles. The van der Waals surface area contributed by atoms with Crippen LogP contribution in [-0.4, -0.2) is 13.2 Å². The Labute approximate surface area is 218 Å². The molecule has 0 aliphatic rings. The second kappa shape index (κ2) is 14.2. The van der Waals surface area contributed by atoms with E-state index in [0.29, 0.717) is 0 Å². The molecule has 6 heteroatoms. The minimum absolute atomic E-state index is 0.749. The van der Waals surface area contributed by atoms with E-state index in [-0.39, 0.29) is 0 Å². The lowest BCUT2D eigenvalue weighted by Gasteiger charge is -2.16. The maximum atomic E-state index is 6.45. The van der Waals surface area contributed by atoms with Crippen molar-refractivity contribution in [3.8, 4) is 11.5 Å². The summed E-state index contributed by atoms with van der Waals surface area (Å²) in [4.78, 5) is 0. The van der Waals surface area contributed by atoms with Crippen LogP contribution < -0.4 is 9.47 Å².